The highest BCUT2D eigenvalue weighted by Gasteiger charge is 2.14. The normalized spacial score (nSPS) is 10.5. The van der Waals surface area contributed by atoms with E-state index in [1.54, 1.807) is 6.92 Å². The minimum atomic E-state index is -0.347. The van der Waals surface area contributed by atoms with Gasteiger partial charge < -0.3 is 4.74 Å². The van der Waals surface area contributed by atoms with Crippen LogP contribution in [0.25, 0.3) is 11.3 Å². The standard InChI is InChI=1S/C15H17NO2S/c1-5-18-15(17)14-16-13(8-19-14)12-7-10(3)9(2)6-11(12)4/h6-8H,5H2,1-4H3. The zero-order valence-corrected chi connectivity index (χ0v) is 12.4. The van der Waals surface area contributed by atoms with Gasteiger partial charge in [0.25, 0.3) is 0 Å². The number of rotatable bonds is 3. The molecule has 0 fully saturated rings. The van der Waals surface area contributed by atoms with E-state index in [1.807, 2.05) is 5.38 Å². The van der Waals surface area contributed by atoms with Crippen molar-refractivity contribution in [3.8, 4) is 11.3 Å². The lowest BCUT2D eigenvalue weighted by atomic mass is 9.99. The lowest BCUT2D eigenvalue weighted by Gasteiger charge is -2.07. The molecule has 0 aliphatic rings. The molecule has 1 heterocycles. The van der Waals surface area contributed by atoms with Gasteiger partial charge in [0.1, 0.15) is 0 Å². The summed E-state index contributed by atoms with van der Waals surface area (Å²) in [6.45, 7) is 8.40. The van der Waals surface area contributed by atoms with Gasteiger partial charge in [-0.3, -0.25) is 0 Å². The molecule has 0 bridgehead atoms. The summed E-state index contributed by atoms with van der Waals surface area (Å²) in [5.41, 5.74) is 5.58. The molecule has 0 saturated heterocycles. The van der Waals surface area contributed by atoms with Crippen LogP contribution in [0.1, 0.15) is 33.4 Å². The fourth-order valence-corrected chi connectivity index (χ4v) is 2.63. The number of hydrogen-bond donors (Lipinski definition) is 0. The van der Waals surface area contributed by atoms with E-state index in [0.717, 1.165) is 11.3 Å². The molecule has 0 amide bonds. The molecule has 0 aliphatic carbocycles. The molecule has 0 spiro atoms. The third-order valence-electron chi connectivity index (χ3n) is 3.07. The van der Waals surface area contributed by atoms with Gasteiger partial charge in [-0.2, -0.15) is 0 Å². The molecule has 2 aromatic rings. The molecule has 2 rings (SSSR count). The van der Waals surface area contributed by atoms with E-state index in [4.69, 9.17) is 4.74 Å². The summed E-state index contributed by atoms with van der Waals surface area (Å²) >= 11 is 1.33. The first-order valence-corrected chi connectivity index (χ1v) is 7.11. The second-order valence-electron chi connectivity index (χ2n) is 4.51. The largest absolute Gasteiger partial charge is 0.461 e. The first-order chi connectivity index (χ1) is 9.02. The molecule has 1 aromatic carbocycles. The molecule has 0 atom stereocenters. The molecular weight excluding hydrogens is 258 g/mol. The highest BCUT2D eigenvalue weighted by molar-refractivity contribution is 7.11. The number of esters is 1. The van der Waals surface area contributed by atoms with Gasteiger partial charge in [-0.25, -0.2) is 9.78 Å². The number of aryl methyl sites for hydroxylation is 3. The number of thiazole rings is 1. The van der Waals surface area contributed by atoms with Crippen LogP contribution in [-0.4, -0.2) is 17.6 Å². The molecule has 100 valence electrons. The smallest absolute Gasteiger partial charge is 0.367 e. The number of ether oxygens (including phenoxy) is 1. The van der Waals surface area contributed by atoms with Gasteiger partial charge in [-0.1, -0.05) is 6.07 Å². The van der Waals surface area contributed by atoms with Crippen LogP contribution >= 0.6 is 11.3 Å². The molecule has 0 aliphatic heterocycles. The summed E-state index contributed by atoms with van der Waals surface area (Å²) in [5.74, 6) is -0.347. The van der Waals surface area contributed by atoms with Crippen molar-refractivity contribution < 1.29 is 9.53 Å². The lowest BCUT2D eigenvalue weighted by molar-refractivity contribution is 0.0526. The van der Waals surface area contributed by atoms with Crippen molar-refractivity contribution in [1.29, 1.82) is 0 Å². The van der Waals surface area contributed by atoms with Crippen LogP contribution in [0, 0.1) is 20.8 Å². The second kappa shape index (κ2) is 5.53. The molecule has 4 heteroatoms. The highest BCUT2D eigenvalue weighted by Crippen LogP contribution is 2.27. The quantitative estimate of drug-likeness (QED) is 0.797. The Labute approximate surface area is 117 Å². The van der Waals surface area contributed by atoms with Gasteiger partial charge in [0.15, 0.2) is 0 Å². The summed E-state index contributed by atoms with van der Waals surface area (Å²) < 4.78 is 4.96. The molecule has 1 aromatic heterocycles. The minimum Gasteiger partial charge on any atom is -0.461 e. The van der Waals surface area contributed by atoms with Gasteiger partial charge in [-0.15, -0.1) is 11.3 Å². The summed E-state index contributed by atoms with van der Waals surface area (Å²) in [4.78, 5) is 16.0. The van der Waals surface area contributed by atoms with Gasteiger partial charge in [0, 0.05) is 10.9 Å². The lowest BCUT2D eigenvalue weighted by Crippen LogP contribution is -2.03. The number of carbonyl (C=O) groups is 1. The fourth-order valence-electron chi connectivity index (χ4n) is 1.92. The maximum atomic E-state index is 11.6. The van der Waals surface area contributed by atoms with Crippen LogP contribution in [-0.2, 0) is 4.74 Å². The molecule has 19 heavy (non-hydrogen) atoms. The summed E-state index contributed by atoms with van der Waals surface area (Å²) in [7, 11) is 0. The zero-order valence-electron chi connectivity index (χ0n) is 11.6. The van der Waals surface area contributed by atoms with Crippen LogP contribution in [0.15, 0.2) is 17.5 Å². The van der Waals surface area contributed by atoms with E-state index in [0.29, 0.717) is 11.6 Å². The van der Waals surface area contributed by atoms with Crippen molar-refractivity contribution in [3.05, 3.63) is 39.2 Å². The van der Waals surface area contributed by atoms with Crippen LogP contribution in [0.3, 0.4) is 0 Å². The molecule has 0 N–H and O–H groups in total. The number of carbonyl (C=O) groups excluding carboxylic acids is 1. The van der Waals surface area contributed by atoms with Crippen LogP contribution in [0.2, 0.25) is 0 Å². The van der Waals surface area contributed by atoms with Gasteiger partial charge >= 0.3 is 5.97 Å². The predicted octanol–water partition coefficient (Wildman–Crippen LogP) is 3.91. The topological polar surface area (TPSA) is 39.2 Å². The molecular formula is C15H17NO2S. The minimum absolute atomic E-state index is 0.347. The first-order valence-electron chi connectivity index (χ1n) is 6.23. The number of hydrogen-bond acceptors (Lipinski definition) is 4. The Morgan fingerprint density at radius 1 is 1.21 bits per heavy atom. The van der Waals surface area contributed by atoms with E-state index in [9.17, 15) is 4.79 Å². The third kappa shape index (κ3) is 2.84. The van der Waals surface area contributed by atoms with Crippen molar-refractivity contribution in [1.82, 2.24) is 4.98 Å². The van der Waals surface area contributed by atoms with Crippen molar-refractivity contribution in [2.75, 3.05) is 6.61 Å². The average Bonchev–Trinajstić information content (AvgIpc) is 2.83. The Morgan fingerprint density at radius 3 is 2.58 bits per heavy atom. The fraction of sp³-hybridized carbons (Fsp3) is 0.333. The monoisotopic (exact) mass is 275 g/mol. The number of aromatic nitrogens is 1. The second-order valence-corrected chi connectivity index (χ2v) is 5.37. The van der Waals surface area contributed by atoms with Crippen molar-refractivity contribution in [3.63, 3.8) is 0 Å². The highest BCUT2D eigenvalue weighted by atomic mass is 32.1. The SMILES string of the molecule is CCOC(=O)c1nc(-c2cc(C)c(C)cc2C)cs1. The molecule has 3 nitrogen and oxygen atoms in total. The summed E-state index contributed by atoms with van der Waals surface area (Å²) in [6.07, 6.45) is 0. The maximum absolute atomic E-state index is 11.6. The Bertz CT molecular complexity index is 617. The zero-order chi connectivity index (χ0) is 14.0. The van der Waals surface area contributed by atoms with Crippen molar-refractivity contribution in [2.24, 2.45) is 0 Å². The van der Waals surface area contributed by atoms with Gasteiger partial charge in [0.05, 0.1) is 12.3 Å². The van der Waals surface area contributed by atoms with E-state index in [2.05, 4.69) is 37.9 Å². The Hall–Kier alpha value is -1.68. The van der Waals surface area contributed by atoms with Crippen LogP contribution < -0.4 is 0 Å². The number of nitrogens with zero attached hydrogens (tertiary/aromatic N) is 1. The van der Waals surface area contributed by atoms with Gasteiger partial charge in [-0.05, 0) is 50.5 Å². The van der Waals surface area contributed by atoms with Crippen LogP contribution in [0.4, 0.5) is 0 Å². The van der Waals surface area contributed by atoms with Gasteiger partial charge in [0.2, 0.25) is 5.01 Å². The maximum Gasteiger partial charge on any atom is 0.367 e. The first kappa shape index (κ1) is 13.7. The van der Waals surface area contributed by atoms with E-state index >= 15 is 0 Å². The van der Waals surface area contributed by atoms with E-state index in [1.165, 1.54) is 28.0 Å². The predicted molar refractivity (Wildman–Crippen MR) is 77.7 cm³/mol. The third-order valence-corrected chi connectivity index (χ3v) is 3.89. The Balaban J connectivity index is 2.38. The van der Waals surface area contributed by atoms with Crippen molar-refractivity contribution in [2.45, 2.75) is 27.7 Å². The molecule has 0 unspecified atom stereocenters. The van der Waals surface area contributed by atoms with Crippen LogP contribution in [0.5, 0.6) is 0 Å². The van der Waals surface area contributed by atoms with E-state index < -0.39 is 0 Å². The molecule has 0 saturated carbocycles. The average molecular weight is 275 g/mol. The Morgan fingerprint density at radius 2 is 1.89 bits per heavy atom. The Kier molecular flexibility index (Phi) is 4.00. The summed E-state index contributed by atoms with van der Waals surface area (Å²) in [6, 6.07) is 4.27. The number of benzene rings is 1. The summed E-state index contributed by atoms with van der Waals surface area (Å²) in [5, 5.41) is 2.32. The van der Waals surface area contributed by atoms with Crippen molar-refractivity contribution >= 4 is 17.3 Å². The molecule has 0 radical (unpaired) electrons. The van der Waals surface area contributed by atoms with E-state index in [-0.39, 0.29) is 5.97 Å².